The summed E-state index contributed by atoms with van der Waals surface area (Å²) in [6.07, 6.45) is 0.872. The van der Waals surface area contributed by atoms with Crippen molar-refractivity contribution in [1.82, 2.24) is 9.80 Å². The molecule has 0 bridgehead atoms. The number of hydrogen-bond acceptors (Lipinski definition) is 4. The third-order valence-electron chi connectivity index (χ3n) is 6.12. The second-order valence-corrected chi connectivity index (χ2v) is 8.77. The summed E-state index contributed by atoms with van der Waals surface area (Å²) in [5.41, 5.74) is 8.17. The molecule has 2 heterocycles. The van der Waals surface area contributed by atoms with Crippen molar-refractivity contribution in [2.24, 2.45) is 11.1 Å². The minimum atomic E-state index is -0.0239. The van der Waals surface area contributed by atoms with Crippen LogP contribution in [0.4, 0.5) is 5.69 Å². The van der Waals surface area contributed by atoms with Crippen LogP contribution in [-0.4, -0.2) is 67.1 Å². The molecule has 5 nitrogen and oxygen atoms in total. The van der Waals surface area contributed by atoms with Crippen LogP contribution in [0.5, 0.6) is 0 Å². The van der Waals surface area contributed by atoms with E-state index in [4.69, 9.17) is 5.73 Å². The first-order valence-electron chi connectivity index (χ1n) is 9.92. The molecule has 0 aromatic heterocycles. The summed E-state index contributed by atoms with van der Waals surface area (Å²) in [6, 6.07) is 8.93. The molecule has 2 fully saturated rings. The zero-order valence-corrected chi connectivity index (χ0v) is 16.7. The zero-order valence-electron chi connectivity index (χ0n) is 16.7. The number of nitrogens with zero attached hydrogens (tertiary/aromatic N) is 3. The molecule has 1 amide bonds. The van der Waals surface area contributed by atoms with E-state index in [1.165, 1.54) is 5.69 Å². The Hall–Kier alpha value is -1.59. The predicted molar refractivity (Wildman–Crippen MR) is 108 cm³/mol. The number of hydrogen-bond donors (Lipinski definition) is 1. The number of piperazine rings is 1. The van der Waals surface area contributed by atoms with Crippen LogP contribution in [0.3, 0.4) is 0 Å². The van der Waals surface area contributed by atoms with Crippen LogP contribution in [0.1, 0.15) is 44.5 Å². The van der Waals surface area contributed by atoms with E-state index in [9.17, 15) is 4.79 Å². The highest BCUT2D eigenvalue weighted by Crippen LogP contribution is 2.29. The second-order valence-electron chi connectivity index (χ2n) is 8.77. The maximum Gasteiger partial charge on any atom is 0.253 e. The van der Waals surface area contributed by atoms with Gasteiger partial charge >= 0.3 is 0 Å². The van der Waals surface area contributed by atoms with Gasteiger partial charge in [0, 0.05) is 62.6 Å². The smallest absolute Gasteiger partial charge is 0.253 e. The van der Waals surface area contributed by atoms with E-state index in [0.29, 0.717) is 6.04 Å². The quantitative estimate of drug-likeness (QED) is 0.902. The molecule has 1 unspecified atom stereocenters. The van der Waals surface area contributed by atoms with Crippen LogP contribution in [0.15, 0.2) is 24.3 Å². The normalized spacial score (nSPS) is 24.2. The van der Waals surface area contributed by atoms with Gasteiger partial charge in [-0.2, -0.15) is 0 Å². The lowest BCUT2D eigenvalue weighted by Gasteiger charge is -2.42. The van der Waals surface area contributed by atoms with E-state index in [0.717, 1.165) is 51.3 Å². The Morgan fingerprint density at radius 1 is 1.08 bits per heavy atom. The molecule has 1 atom stereocenters. The number of likely N-dealkylation sites (tertiary alicyclic amines) is 1. The summed E-state index contributed by atoms with van der Waals surface area (Å²) in [5.74, 6) is 0.126. The molecule has 144 valence electrons. The van der Waals surface area contributed by atoms with Crippen molar-refractivity contribution in [1.29, 1.82) is 0 Å². The average molecular weight is 359 g/mol. The number of amides is 1. The third-order valence-corrected chi connectivity index (χ3v) is 6.12. The first-order chi connectivity index (χ1) is 12.3. The Labute approximate surface area is 158 Å². The highest BCUT2D eigenvalue weighted by molar-refractivity contribution is 5.94. The van der Waals surface area contributed by atoms with E-state index < -0.39 is 0 Å². The van der Waals surface area contributed by atoms with Gasteiger partial charge in [-0.15, -0.1) is 0 Å². The van der Waals surface area contributed by atoms with Crippen LogP contribution < -0.4 is 10.6 Å². The van der Waals surface area contributed by atoms with Crippen molar-refractivity contribution in [3.05, 3.63) is 29.8 Å². The topological polar surface area (TPSA) is 52.8 Å². The van der Waals surface area contributed by atoms with Crippen LogP contribution in [0.25, 0.3) is 0 Å². The highest BCUT2D eigenvalue weighted by atomic mass is 16.2. The van der Waals surface area contributed by atoms with Gasteiger partial charge in [-0.3, -0.25) is 9.69 Å². The lowest BCUT2D eigenvalue weighted by atomic mass is 9.79. The van der Waals surface area contributed by atoms with E-state index in [1.54, 1.807) is 0 Å². The number of rotatable bonds is 3. The zero-order chi connectivity index (χ0) is 18.9. The summed E-state index contributed by atoms with van der Waals surface area (Å²) < 4.78 is 0. The minimum Gasteiger partial charge on any atom is -0.369 e. The molecule has 5 heteroatoms. The van der Waals surface area contributed by atoms with Gasteiger partial charge in [0.05, 0.1) is 0 Å². The Kier molecular flexibility index (Phi) is 5.58. The number of carbonyl (C=O) groups excluding carboxylic acids is 1. The van der Waals surface area contributed by atoms with Gasteiger partial charge in [0.2, 0.25) is 0 Å². The monoisotopic (exact) mass is 358 g/mol. The Morgan fingerprint density at radius 3 is 2.23 bits per heavy atom. The minimum absolute atomic E-state index is 0.0239. The van der Waals surface area contributed by atoms with E-state index in [-0.39, 0.29) is 17.4 Å². The van der Waals surface area contributed by atoms with Crippen LogP contribution in [0, 0.1) is 5.41 Å². The number of benzene rings is 1. The summed E-state index contributed by atoms with van der Waals surface area (Å²) >= 11 is 0. The van der Waals surface area contributed by atoms with Gasteiger partial charge in [-0.05, 0) is 49.9 Å². The molecule has 0 aliphatic carbocycles. The van der Waals surface area contributed by atoms with Crippen molar-refractivity contribution in [2.45, 2.75) is 46.2 Å². The van der Waals surface area contributed by atoms with E-state index >= 15 is 0 Å². The number of piperidine rings is 1. The summed E-state index contributed by atoms with van der Waals surface area (Å²) in [5, 5.41) is 0. The lowest BCUT2D eigenvalue weighted by Crippen LogP contribution is -2.54. The number of anilines is 1. The summed E-state index contributed by atoms with van der Waals surface area (Å²) in [7, 11) is 0. The van der Waals surface area contributed by atoms with Gasteiger partial charge in [0.15, 0.2) is 0 Å². The fourth-order valence-corrected chi connectivity index (χ4v) is 4.04. The van der Waals surface area contributed by atoms with Crippen molar-refractivity contribution < 1.29 is 4.79 Å². The van der Waals surface area contributed by atoms with Crippen molar-refractivity contribution in [3.63, 3.8) is 0 Å². The summed E-state index contributed by atoms with van der Waals surface area (Å²) in [4.78, 5) is 19.7. The van der Waals surface area contributed by atoms with Gasteiger partial charge in [-0.25, -0.2) is 0 Å². The Balaban J connectivity index is 1.62. The average Bonchev–Trinajstić information content (AvgIpc) is 2.63. The van der Waals surface area contributed by atoms with Crippen LogP contribution >= 0.6 is 0 Å². The molecule has 2 saturated heterocycles. The maximum atomic E-state index is 12.9. The number of nitrogens with two attached hydrogens (primary N) is 1. The molecule has 3 rings (SSSR count). The molecule has 0 radical (unpaired) electrons. The summed E-state index contributed by atoms with van der Waals surface area (Å²) in [6.45, 7) is 14.6. The van der Waals surface area contributed by atoms with Crippen LogP contribution in [0.2, 0.25) is 0 Å². The van der Waals surface area contributed by atoms with E-state index in [2.05, 4.69) is 49.6 Å². The first kappa shape index (κ1) is 19.2. The SMILES string of the molecule is CC(C)N1CCN(c2ccc(C(=O)N3CCC(N)C(C)(C)C3)cc2)CC1. The molecule has 0 spiro atoms. The first-order valence-corrected chi connectivity index (χ1v) is 9.92. The highest BCUT2D eigenvalue weighted by Gasteiger charge is 2.35. The molecule has 2 aliphatic heterocycles. The molecular formula is C21H34N4O. The third kappa shape index (κ3) is 4.04. The van der Waals surface area contributed by atoms with Gasteiger partial charge in [-0.1, -0.05) is 13.8 Å². The molecule has 1 aromatic rings. The molecule has 1 aromatic carbocycles. The van der Waals surface area contributed by atoms with E-state index in [1.807, 2.05) is 17.0 Å². The molecule has 2 aliphatic rings. The Bertz CT molecular complexity index is 617. The fourth-order valence-electron chi connectivity index (χ4n) is 4.04. The molecule has 26 heavy (non-hydrogen) atoms. The van der Waals surface area contributed by atoms with Crippen molar-refractivity contribution >= 4 is 11.6 Å². The molecular weight excluding hydrogens is 324 g/mol. The Morgan fingerprint density at radius 2 is 1.69 bits per heavy atom. The largest absolute Gasteiger partial charge is 0.369 e. The van der Waals surface area contributed by atoms with Gasteiger partial charge < -0.3 is 15.5 Å². The maximum absolute atomic E-state index is 12.9. The van der Waals surface area contributed by atoms with Gasteiger partial charge in [0.25, 0.3) is 5.91 Å². The van der Waals surface area contributed by atoms with Crippen LogP contribution in [-0.2, 0) is 0 Å². The van der Waals surface area contributed by atoms with Gasteiger partial charge in [0.1, 0.15) is 0 Å². The fraction of sp³-hybridized carbons (Fsp3) is 0.667. The van der Waals surface area contributed by atoms with Crippen molar-refractivity contribution in [3.8, 4) is 0 Å². The molecule has 0 saturated carbocycles. The van der Waals surface area contributed by atoms with Crippen molar-refractivity contribution in [2.75, 3.05) is 44.2 Å². The second kappa shape index (κ2) is 7.57. The standard InChI is InChI=1S/C21H34N4O/c1-16(2)23-11-13-24(14-12-23)18-7-5-17(6-8-18)20(26)25-10-9-19(22)21(3,4)15-25/h5-8,16,19H,9-15,22H2,1-4H3. The molecule has 2 N–H and O–H groups in total. The predicted octanol–water partition coefficient (Wildman–Crippen LogP) is 2.42. The number of carbonyl (C=O) groups is 1. The lowest BCUT2D eigenvalue weighted by molar-refractivity contribution is 0.0533.